The molecule has 0 aliphatic carbocycles. The fraction of sp³-hybridized carbons (Fsp3) is 0.263. The molecule has 0 saturated heterocycles. The molecular formula is C19H18O3. The molecule has 0 atom stereocenters. The van der Waals surface area contributed by atoms with Crippen molar-refractivity contribution in [2.24, 2.45) is 0 Å². The van der Waals surface area contributed by atoms with Gasteiger partial charge in [0.1, 0.15) is 5.75 Å². The fourth-order valence-corrected chi connectivity index (χ4v) is 2.67. The lowest BCUT2D eigenvalue weighted by atomic mass is 9.98. The smallest absolute Gasteiger partial charge is 0.163 e. The molecule has 0 aromatic heterocycles. The monoisotopic (exact) mass is 294 g/mol. The molecule has 0 unspecified atom stereocenters. The number of hydrogen-bond donors (Lipinski definition) is 0. The van der Waals surface area contributed by atoms with E-state index in [1.54, 1.807) is 18.2 Å². The zero-order valence-corrected chi connectivity index (χ0v) is 12.4. The highest BCUT2D eigenvalue weighted by molar-refractivity contribution is 6.02. The summed E-state index contributed by atoms with van der Waals surface area (Å²) < 4.78 is 5.55. The van der Waals surface area contributed by atoms with Gasteiger partial charge < -0.3 is 4.74 Å². The Labute approximate surface area is 129 Å². The number of aryl methyl sites for hydroxylation is 1. The van der Waals surface area contributed by atoms with Crippen LogP contribution in [0.4, 0.5) is 0 Å². The van der Waals surface area contributed by atoms with Crippen LogP contribution in [0.5, 0.6) is 5.75 Å². The summed E-state index contributed by atoms with van der Waals surface area (Å²) in [6.07, 6.45) is 2.42. The van der Waals surface area contributed by atoms with Gasteiger partial charge in [-0.25, -0.2) is 0 Å². The maximum absolute atomic E-state index is 12.3. The lowest BCUT2D eigenvalue weighted by Crippen LogP contribution is -2.10. The Bertz CT molecular complexity index is 689. The van der Waals surface area contributed by atoms with Crippen molar-refractivity contribution in [3.63, 3.8) is 0 Å². The van der Waals surface area contributed by atoms with E-state index in [1.165, 1.54) is 0 Å². The number of carbonyl (C=O) groups excluding carboxylic acids is 2. The van der Waals surface area contributed by atoms with E-state index in [4.69, 9.17) is 4.74 Å². The third-order valence-corrected chi connectivity index (χ3v) is 3.91. The Hall–Kier alpha value is -2.42. The van der Waals surface area contributed by atoms with Crippen molar-refractivity contribution >= 4 is 11.6 Å². The summed E-state index contributed by atoms with van der Waals surface area (Å²) in [6, 6.07) is 14.7. The van der Waals surface area contributed by atoms with Crippen LogP contribution in [0.1, 0.15) is 45.5 Å². The number of rotatable bonds is 5. The first-order chi connectivity index (χ1) is 10.7. The van der Waals surface area contributed by atoms with Crippen LogP contribution in [0.2, 0.25) is 0 Å². The van der Waals surface area contributed by atoms with Crippen LogP contribution in [-0.2, 0) is 6.42 Å². The molecule has 1 aliphatic heterocycles. The van der Waals surface area contributed by atoms with Gasteiger partial charge in [0.05, 0.1) is 6.61 Å². The van der Waals surface area contributed by atoms with Crippen molar-refractivity contribution in [2.75, 3.05) is 6.61 Å². The quantitative estimate of drug-likeness (QED) is 0.786. The van der Waals surface area contributed by atoms with Crippen LogP contribution in [0.15, 0.2) is 48.5 Å². The third kappa shape index (κ3) is 3.25. The molecule has 0 spiro atoms. The summed E-state index contributed by atoms with van der Waals surface area (Å²) in [5.74, 6) is 0.899. The van der Waals surface area contributed by atoms with Crippen LogP contribution in [0, 0.1) is 0 Å². The molecule has 1 heterocycles. The molecule has 0 radical (unpaired) electrons. The molecule has 22 heavy (non-hydrogen) atoms. The SMILES string of the molecule is O=C(CCC(=O)c1ccc2c(c1)CCCO2)c1ccccc1. The second kappa shape index (κ2) is 6.56. The summed E-state index contributed by atoms with van der Waals surface area (Å²) in [5.41, 5.74) is 2.42. The summed E-state index contributed by atoms with van der Waals surface area (Å²) in [6.45, 7) is 0.742. The van der Waals surface area contributed by atoms with Gasteiger partial charge in [-0.1, -0.05) is 30.3 Å². The van der Waals surface area contributed by atoms with Gasteiger partial charge in [0.15, 0.2) is 11.6 Å². The first-order valence-corrected chi connectivity index (χ1v) is 7.61. The first kappa shape index (κ1) is 14.5. The Morgan fingerprint density at radius 3 is 2.41 bits per heavy atom. The average molecular weight is 294 g/mol. The topological polar surface area (TPSA) is 43.4 Å². The minimum atomic E-state index is 0.00948. The minimum Gasteiger partial charge on any atom is -0.493 e. The number of benzene rings is 2. The minimum absolute atomic E-state index is 0.00948. The lowest BCUT2D eigenvalue weighted by molar-refractivity contribution is 0.0917. The van der Waals surface area contributed by atoms with Gasteiger partial charge in [0.25, 0.3) is 0 Å². The highest BCUT2D eigenvalue weighted by Crippen LogP contribution is 2.26. The number of ketones is 2. The van der Waals surface area contributed by atoms with Crippen molar-refractivity contribution in [3.05, 3.63) is 65.2 Å². The molecule has 2 aromatic rings. The van der Waals surface area contributed by atoms with Crippen LogP contribution in [-0.4, -0.2) is 18.2 Å². The summed E-state index contributed by atoms with van der Waals surface area (Å²) in [5, 5.41) is 0. The van der Waals surface area contributed by atoms with E-state index < -0.39 is 0 Å². The van der Waals surface area contributed by atoms with Gasteiger partial charge in [-0.15, -0.1) is 0 Å². The Kier molecular flexibility index (Phi) is 4.33. The van der Waals surface area contributed by atoms with Crippen LogP contribution in [0.3, 0.4) is 0 Å². The Balaban J connectivity index is 1.64. The molecule has 112 valence electrons. The summed E-state index contributed by atoms with van der Waals surface area (Å²) in [4.78, 5) is 24.3. The molecule has 0 saturated carbocycles. The standard InChI is InChI=1S/C19H18O3/c20-17(14-5-2-1-3-6-14)9-10-18(21)15-8-11-19-16(13-15)7-4-12-22-19/h1-3,5-6,8,11,13H,4,7,9-10,12H2. The molecule has 0 bridgehead atoms. The number of hydrogen-bond acceptors (Lipinski definition) is 3. The predicted molar refractivity (Wildman–Crippen MR) is 84.6 cm³/mol. The molecule has 3 heteroatoms. The normalized spacial score (nSPS) is 13.1. The van der Waals surface area contributed by atoms with Crippen LogP contribution < -0.4 is 4.74 Å². The molecule has 3 rings (SSSR count). The molecule has 0 fully saturated rings. The van der Waals surface area contributed by atoms with E-state index in [0.29, 0.717) is 11.1 Å². The van der Waals surface area contributed by atoms with E-state index in [-0.39, 0.29) is 24.4 Å². The summed E-state index contributed by atoms with van der Waals surface area (Å²) in [7, 11) is 0. The largest absolute Gasteiger partial charge is 0.493 e. The van der Waals surface area contributed by atoms with Gasteiger partial charge in [-0.2, -0.15) is 0 Å². The maximum Gasteiger partial charge on any atom is 0.163 e. The van der Waals surface area contributed by atoms with Gasteiger partial charge in [0.2, 0.25) is 0 Å². The van der Waals surface area contributed by atoms with E-state index in [9.17, 15) is 9.59 Å². The van der Waals surface area contributed by atoms with Gasteiger partial charge in [-0.3, -0.25) is 9.59 Å². The summed E-state index contributed by atoms with van der Waals surface area (Å²) >= 11 is 0. The number of Topliss-reactive ketones (excluding diaryl/α,β-unsaturated/α-hetero) is 2. The van der Waals surface area contributed by atoms with Crippen molar-refractivity contribution in [1.29, 1.82) is 0 Å². The van der Waals surface area contributed by atoms with Gasteiger partial charge >= 0.3 is 0 Å². The zero-order chi connectivity index (χ0) is 15.4. The van der Waals surface area contributed by atoms with Crippen molar-refractivity contribution in [3.8, 4) is 5.75 Å². The molecular weight excluding hydrogens is 276 g/mol. The molecule has 0 N–H and O–H groups in total. The van der Waals surface area contributed by atoms with Crippen LogP contribution >= 0.6 is 0 Å². The van der Waals surface area contributed by atoms with E-state index in [0.717, 1.165) is 30.8 Å². The van der Waals surface area contributed by atoms with Gasteiger partial charge in [0, 0.05) is 24.0 Å². The van der Waals surface area contributed by atoms with Crippen molar-refractivity contribution in [2.45, 2.75) is 25.7 Å². The fourth-order valence-electron chi connectivity index (χ4n) is 2.67. The third-order valence-electron chi connectivity index (χ3n) is 3.91. The zero-order valence-electron chi connectivity index (χ0n) is 12.4. The second-order valence-corrected chi connectivity index (χ2v) is 5.49. The number of ether oxygens (including phenoxy) is 1. The first-order valence-electron chi connectivity index (χ1n) is 7.61. The molecule has 0 amide bonds. The predicted octanol–water partition coefficient (Wildman–Crippen LogP) is 3.86. The second-order valence-electron chi connectivity index (χ2n) is 5.49. The molecule has 2 aromatic carbocycles. The van der Waals surface area contributed by atoms with Gasteiger partial charge in [-0.05, 0) is 36.6 Å². The molecule has 3 nitrogen and oxygen atoms in total. The van der Waals surface area contributed by atoms with Crippen molar-refractivity contribution < 1.29 is 14.3 Å². The van der Waals surface area contributed by atoms with Crippen LogP contribution in [0.25, 0.3) is 0 Å². The van der Waals surface area contributed by atoms with E-state index in [1.807, 2.05) is 30.3 Å². The van der Waals surface area contributed by atoms with E-state index >= 15 is 0 Å². The molecule has 1 aliphatic rings. The van der Waals surface area contributed by atoms with E-state index in [2.05, 4.69) is 0 Å². The Morgan fingerprint density at radius 1 is 0.909 bits per heavy atom. The Morgan fingerprint density at radius 2 is 1.64 bits per heavy atom. The lowest BCUT2D eigenvalue weighted by Gasteiger charge is -2.17. The highest BCUT2D eigenvalue weighted by atomic mass is 16.5. The average Bonchev–Trinajstić information content (AvgIpc) is 2.59. The van der Waals surface area contributed by atoms with Crippen molar-refractivity contribution in [1.82, 2.24) is 0 Å². The number of carbonyl (C=O) groups is 2. The maximum atomic E-state index is 12.3. The highest BCUT2D eigenvalue weighted by Gasteiger charge is 2.15. The number of fused-ring (bicyclic) bond motifs is 1.